The van der Waals surface area contributed by atoms with Crippen LogP contribution in [0.3, 0.4) is 0 Å². The van der Waals surface area contributed by atoms with Crippen molar-refractivity contribution in [2.75, 3.05) is 5.88 Å². The Labute approximate surface area is 85.0 Å². The summed E-state index contributed by atoms with van der Waals surface area (Å²) in [7, 11) is 0. The highest BCUT2D eigenvalue weighted by Crippen LogP contribution is 2.28. The van der Waals surface area contributed by atoms with E-state index in [0.717, 1.165) is 24.7 Å². The lowest BCUT2D eigenvalue weighted by atomic mass is 9.80. The van der Waals surface area contributed by atoms with Crippen LogP contribution in [0, 0.1) is 11.8 Å². The minimum atomic E-state index is -0.0343. The molecule has 0 spiro atoms. The van der Waals surface area contributed by atoms with Crippen molar-refractivity contribution in [1.82, 2.24) is 5.32 Å². The topological polar surface area (TPSA) is 29.1 Å². The lowest BCUT2D eigenvalue weighted by molar-refractivity contribution is -0.119. The van der Waals surface area contributed by atoms with E-state index in [1.54, 1.807) is 0 Å². The van der Waals surface area contributed by atoms with E-state index in [0.29, 0.717) is 6.04 Å². The summed E-state index contributed by atoms with van der Waals surface area (Å²) in [5.74, 6) is 1.50. The molecule has 0 aromatic heterocycles. The van der Waals surface area contributed by atoms with Gasteiger partial charge in [0, 0.05) is 6.04 Å². The third-order valence-corrected chi connectivity index (χ3v) is 2.91. The Morgan fingerprint density at radius 2 is 1.85 bits per heavy atom. The molecule has 0 radical (unpaired) electrons. The van der Waals surface area contributed by atoms with Crippen LogP contribution in [0.2, 0.25) is 0 Å². The van der Waals surface area contributed by atoms with E-state index < -0.39 is 0 Å². The van der Waals surface area contributed by atoms with E-state index in [9.17, 15) is 4.79 Å². The first-order valence-electron chi connectivity index (χ1n) is 4.97. The first-order chi connectivity index (χ1) is 6.11. The van der Waals surface area contributed by atoms with Gasteiger partial charge in [-0.05, 0) is 31.1 Å². The molecule has 13 heavy (non-hydrogen) atoms. The molecule has 1 rings (SSSR count). The molecule has 76 valence electrons. The summed E-state index contributed by atoms with van der Waals surface area (Å²) in [6.07, 6.45) is 3.49. The van der Waals surface area contributed by atoms with Crippen molar-refractivity contribution in [3.8, 4) is 0 Å². The van der Waals surface area contributed by atoms with Crippen molar-refractivity contribution < 1.29 is 4.79 Å². The summed E-state index contributed by atoms with van der Waals surface area (Å²) in [4.78, 5) is 11.1. The van der Waals surface area contributed by atoms with Gasteiger partial charge in [-0.2, -0.15) is 0 Å². The van der Waals surface area contributed by atoms with Gasteiger partial charge in [-0.1, -0.05) is 13.8 Å². The zero-order valence-corrected chi connectivity index (χ0v) is 9.10. The summed E-state index contributed by atoms with van der Waals surface area (Å²) in [6, 6.07) is 0.352. The molecule has 1 fully saturated rings. The van der Waals surface area contributed by atoms with Gasteiger partial charge in [0.25, 0.3) is 0 Å². The van der Waals surface area contributed by atoms with Crippen LogP contribution in [0.15, 0.2) is 0 Å². The molecule has 0 aromatic carbocycles. The van der Waals surface area contributed by atoms with Gasteiger partial charge in [-0.15, -0.1) is 11.6 Å². The fourth-order valence-electron chi connectivity index (χ4n) is 2.33. The molecular formula is C10H18ClNO. The highest BCUT2D eigenvalue weighted by molar-refractivity contribution is 6.27. The number of carbonyl (C=O) groups is 1. The lowest BCUT2D eigenvalue weighted by Gasteiger charge is -2.31. The van der Waals surface area contributed by atoms with Gasteiger partial charge in [0.15, 0.2) is 0 Å². The third kappa shape index (κ3) is 3.55. The molecule has 2 unspecified atom stereocenters. The van der Waals surface area contributed by atoms with Gasteiger partial charge < -0.3 is 5.32 Å². The maximum Gasteiger partial charge on any atom is 0.235 e. The average molecular weight is 204 g/mol. The van der Waals surface area contributed by atoms with Crippen molar-refractivity contribution in [2.24, 2.45) is 11.8 Å². The number of hydrogen-bond donors (Lipinski definition) is 1. The van der Waals surface area contributed by atoms with Crippen LogP contribution in [0.25, 0.3) is 0 Å². The van der Waals surface area contributed by atoms with Crippen LogP contribution >= 0.6 is 11.6 Å². The van der Waals surface area contributed by atoms with E-state index >= 15 is 0 Å². The Morgan fingerprint density at radius 1 is 1.31 bits per heavy atom. The van der Waals surface area contributed by atoms with Crippen molar-refractivity contribution >= 4 is 17.5 Å². The standard InChI is InChI=1S/C10H18ClNO/c1-7-3-8(2)5-9(4-7)12-10(13)6-11/h7-9H,3-6H2,1-2H3,(H,12,13). The second kappa shape index (κ2) is 4.85. The van der Waals surface area contributed by atoms with E-state index in [1.807, 2.05) is 0 Å². The molecule has 1 N–H and O–H groups in total. The smallest absolute Gasteiger partial charge is 0.235 e. The molecule has 1 saturated carbocycles. The van der Waals surface area contributed by atoms with Gasteiger partial charge in [0.2, 0.25) is 5.91 Å². The first-order valence-corrected chi connectivity index (χ1v) is 5.50. The summed E-state index contributed by atoms with van der Waals surface area (Å²) < 4.78 is 0. The van der Waals surface area contributed by atoms with Crippen LogP contribution in [0.5, 0.6) is 0 Å². The fourth-order valence-corrected chi connectivity index (χ4v) is 2.41. The predicted molar refractivity (Wildman–Crippen MR) is 54.8 cm³/mol. The Kier molecular flexibility index (Phi) is 4.04. The molecule has 0 aromatic rings. The molecule has 3 heteroatoms. The van der Waals surface area contributed by atoms with Crippen LogP contribution in [0.1, 0.15) is 33.1 Å². The SMILES string of the molecule is CC1CC(C)CC(NC(=O)CCl)C1. The minimum Gasteiger partial charge on any atom is -0.352 e. The second-order valence-corrected chi connectivity index (χ2v) is 4.58. The Balaban J connectivity index is 2.37. The van der Waals surface area contributed by atoms with E-state index in [1.165, 1.54) is 6.42 Å². The van der Waals surface area contributed by atoms with Gasteiger partial charge in [-0.25, -0.2) is 0 Å². The fraction of sp³-hybridized carbons (Fsp3) is 0.900. The quantitative estimate of drug-likeness (QED) is 0.685. The van der Waals surface area contributed by atoms with Gasteiger partial charge in [0.05, 0.1) is 0 Å². The number of rotatable bonds is 2. The van der Waals surface area contributed by atoms with Crippen LogP contribution < -0.4 is 5.32 Å². The molecule has 0 heterocycles. The Hall–Kier alpha value is -0.240. The highest BCUT2D eigenvalue weighted by atomic mass is 35.5. The molecule has 2 atom stereocenters. The first kappa shape index (κ1) is 10.8. The van der Waals surface area contributed by atoms with Crippen molar-refractivity contribution in [3.05, 3.63) is 0 Å². The van der Waals surface area contributed by atoms with Crippen molar-refractivity contribution in [1.29, 1.82) is 0 Å². The number of alkyl halides is 1. The molecule has 1 aliphatic carbocycles. The Bertz CT molecular complexity index is 174. The molecule has 2 nitrogen and oxygen atoms in total. The third-order valence-electron chi connectivity index (χ3n) is 2.66. The molecule has 0 aliphatic heterocycles. The summed E-state index contributed by atoms with van der Waals surface area (Å²) in [5.41, 5.74) is 0. The summed E-state index contributed by atoms with van der Waals surface area (Å²) in [5, 5.41) is 2.96. The Morgan fingerprint density at radius 3 is 2.31 bits per heavy atom. The second-order valence-electron chi connectivity index (χ2n) is 4.32. The van der Waals surface area contributed by atoms with Crippen LogP contribution in [-0.2, 0) is 4.79 Å². The van der Waals surface area contributed by atoms with Crippen LogP contribution in [0.4, 0.5) is 0 Å². The predicted octanol–water partition coefficient (Wildman–Crippen LogP) is 2.17. The molecule has 1 amide bonds. The van der Waals surface area contributed by atoms with Gasteiger partial charge >= 0.3 is 0 Å². The number of nitrogens with one attached hydrogen (secondary N) is 1. The van der Waals surface area contributed by atoms with Crippen molar-refractivity contribution in [3.63, 3.8) is 0 Å². The maximum atomic E-state index is 11.1. The average Bonchev–Trinajstić information content (AvgIpc) is 2.02. The minimum absolute atomic E-state index is 0.0343. The monoisotopic (exact) mass is 203 g/mol. The normalized spacial score (nSPS) is 34.2. The number of carbonyl (C=O) groups excluding carboxylic acids is 1. The van der Waals surface area contributed by atoms with Gasteiger partial charge in [-0.3, -0.25) is 4.79 Å². The van der Waals surface area contributed by atoms with E-state index in [-0.39, 0.29) is 11.8 Å². The zero-order valence-electron chi connectivity index (χ0n) is 8.35. The number of halogens is 1. The molecule has 0 bridgehead atoms. The maximum absolute atomic E-state index is 11.1. The van der Waals surface area contributed by atoms with E-state index in [4.69, 9.17) is 11.6 Å². The summed E-state index contributed by atoms with van der Waals surface area (Å²) >= 11 is 5.43. The van der Waals surface area contributed by atoms with Crippen molar-refractivity contribution in [2.45, 2.75) is 39.2 Å². The highest BCUT2D eigenvalue weighted by Gasteiger charge is 2.24. The van der Waals surface area contributed by atoms with Gasteiger partial charge in [0.1, 0.15) is 5.88 Å². The molecule has 1 aliphatic rings. The molecule has 0 saturated heterocycles. The van der Waals surface area contributed by atoms with E-state index in [2.05, 4.69) is 19.2 Å². The summed E-state index contributed by atoms with van der Waals surface area (Å²) in [6.45, 7) is 4.49. The van der Waals surface area contributed by atoms with Crippen LogP contribution in [-0.4, -0.2) is 17.8 Å². The largest absolute Gasteiger partial charge is 0.352 e. The number of hydrogen-bond acceptors (Lipinski definition) is 1. The number of amides is 1. The lowest BCUT2D eigenvalue weighted by Crippen LogP contribution is -2.40. The zero-order chi connectivity index (χ0) is 9.84. The molecular weight excluding hydrogens is 186 g/mol.